The van der Waals surface area contributed by atoms with Crippen LogP contribution in [-0.4, -0.2) is 36.1 Å². The van der Waals surface area contributed by atoms with Gasteiger partial charge in [-0.25, -0.2) is 4.39 Å². The van der Waals surface area contributed by atoms with E-state index in [1.807, 2.05) is 0 Å². The Morgan fingerprint density at radius 1 is 1.52 bits per heavy atom. The van der Waals surface area contributed by atoms with E-state index in [2.05, 4.69) is 18.8 Å². The summed E-state index contributed by atoms with van der Waals surface area (Å²) in [5.41, 5.74) is 0.793. The summed E-state index contributed by atoms with van der Waals surface area (Å²) in [6, 6.07) is 4.02. The van der Waals surface area contributed by atoms with Gasteiger partial charge in [-0.3, -0.25) is 4.79 Å². The molecule has 1 saturated carbocycles. The van der Waals surface area contributed by atoms with E-state index in [4.69, 9.17) is 5.11 Å². The molecule has 1 aromatic rings. The molecule has 2 unspecified atom stereocenters. The van der Waals surface area contributed by atoms with Gasteiger partial charge in [0, 0.05) is 25.6 Å². The number of amides is 1. The number of nitrogens with zero attached hydrogens (tertiary/aromatic N) is 1. The van der Waals surface area contributed by atoms with Crippen molar-refractivity contribution in [3.63, 3.8) is 0 Å². The van der Waals surface area contributed by atoms with Crippen LogP contribution in [0.5, 0.6) is 0 Å². The van der Waals surface area contributed by atoms with E-state index in [1.165, 1.54) is 18.2 Å². The second-order valence-electron chi connectivity index (χ2n) is 5.62. The maximum Gasteiger partial charge on any atom is 0.254 e. The highest BCUT2D eigenvalue weighted by Gasteiger charge is 2.34. The molecule has 0 saturated heterocycles. The first kappa shape index (κ1) is 15.5. The first-order valence-electron chi connectivity index (χ1n) is 7.17. The Bertz CT molecular complexity index is 588. The highest BCUT2D eigenvalue weighted by atomic mass is 19.1. The standard InChI is InChI=1S/C17H20FNO2/c1-12-9-14(12)11-19(2)17(21)16-7-6-15(18)10-13(16)5-3-4-8-20/h6-7,10,12,14,20H,4,8-9,11H2,1-2H3. The molecule has 0 radical (unpaired) electrons. The van der Waals surface area contributed by atoms with Crippen molar-refractivity contribution in [2.24, 2.45) is 11.8 Å². The Morgan fingerprint density at radius 2 is 2.24 bits per heavy atom. The molecule has 0 bridgehead atoms. The van der Waals surface area contributed by atoms with Gasteiger partial charge in [-0.05, 0) is 36.5 Å². The minimum Gasteiger partial charge on any atom is -0.395 e. The van der Waals surface area contributed by atoms with Gasteiger partial charge in [0.15, 0.2) is 0 Å². The third-order valence-electron chi connectivity index (χ3n) is 3.80. The molecule has 0 spiro atoms. The quantitative estimate of drug-likeness (QED) is 0.864. The van der Waals surface area contributed by atoms with Crippen LogP contribution in [0.25, 0.3) is 0 Å². The number of aliphatic hydroxyl groups is 1. The van der Waals surface area contributed by atoms with Crippen LogP contribution in [0, 0.1) is 29.5 Å². The predicted molar refractivity (Wildman–Crippen MR) is 79.2 cm³/mol. The minimum absolute atomic E-state index is 0.0505. The average molecular weight is 289 g/mol. The molecule has 1 aliphatic rings. The first-order valence-corrected chi connectivity index (χ1v) is 7.17. The Kier molecular flexibility index (Phi) is 4.98. The molecule has 4 heteroatoms. The summed E-state index contributed by atoms with van der Waals surface area (Å²) in [5.74, 6) is 6.20. The molecular formula is C17H20FNO2. The summed E-state index contributed by atoms with van der Waals surface area (Å²) in [6.45, 7) is 2.85. The smallest absolute Gasteiger partial charge is 0.254 e. The van der Waals surface area contributed by atoms with Gasteiger partial charge in [-0.1, -0.05) is 18.8 Å². The van der Waals surface area contributed by atoms with Crippen LogP contribution >= 0.6 is 0 Å². The Balaban J connectivity index is 2.17. The van der Waals surface area contributed by atoms with Crippen LogP contribution < -0.4 is 0 Å². The third kappa shape index (κ3) is 4.05. The summed E-state index contributed by atoms with van der Waals surface area (Å²) in [4.78, 5) is 14.1. The second kappa shape index (κ2) is 6.73. The van der Waals surface area contributed by atoms with Crippen LogP contribution in [0.1, 0.15) is 35.7 Å². The fourth-order valence-corrected chi connectivity index (χ4v) is 2.31. The topological polar surface area (TPSA) is 40.5 Å². The van der Waals surface area contributed by atoms with Crippen molar-refractivity contribution in [3.05, 3.63) is 35.1 Å². The summed E-state index contributed by atoms with van der Waals surface area (Å²) in [6.07, 6.45) is 1.46. The fourth-order valence-electron chi connectivity index (χ4n) is 2.31. The van der Waals surface area contributed by atoms with Crippen LogP contribution in [-0.2, 0) is 0 Å². The second-order valence-corrected chi connectivity index (χ2v) is 5.62. The normalized spacial score (nSPS) is 19.6. The highest BCUT2D eigenvalue weighted by Crippen LogP contribution is 2.38. The van der Waals surface area contributed by atoms with Crippen LogP contribution in [0.2, 0.25) is 0 Å². The van der Waals surface area contributed by atoms with Crippen molar-refractivity contribution in [2.75, 3.05) is 20.2 Å². The number of rotatable bonds is 4. The van der Waals surface area contributed by atoms with Gasteiger partial charge in [0.05, 0.1) is 12.2 Å². The maximum absolute atomic E-state index is 13.4. The Hall–Kier alpha value is -1.86. The van der Waals surface area contributed by atoms with Crippen molar-refractivity contribution in [3.8, 4) is 11.8 Å². The fraction of sp³-hybridized carbons (Fsp3) is 0.471. The minimum atomic E-state index is -0.418. The molecule has 1 amide bonds. The number of hydrogen-bond donors (Lipinski definition) is 1. The van der Waals surface area contributed by atoms with Gasteiger partial charge in [-0.15, -0.1) is 0 Å². The van der Waals surface area contributed by atoms with E-state index in [9.17, 15) is 9.18 Å². The van der Waals surface area contributed by atoms with Crippen molar-refractivity contribution >= 4 is 5.91 Å². The van der Waals surface area contributed by atoms with Gasteiger partial charge in [0.25, 0.3) is 5.91 Å². The zero-order valence-corrected chi connectivity index (χ0v) is 12.4. The Labute approximate surface area is 124 Å². The van der Waals surface area contributed by atoms with E-state index < -0.39 is 5.82 Å². The van der Waals surface area contributed by atoms with Gasteiger partial charge >= 0.3 is 0 Å². The van der Waals surface area contributed by atoms with Crippen molar-refractivity contribution in [2.45, 2.75) is 19.8 Å². The molecular weight excluding hydrogens is 269 g/mol. The monoisotopic (exact) mass is 289 g/mol. The van der Waals surface area contributed by atoms with E-state index in [0.717, 1.165) is 13.0 Å². The lowest BCUT2D eigenvalue weighted by Crippen LogP contribution is -2.29. The molecule has 2 atom stereocenters. The van der Waals surface area contributed by atoms with E-state index >= 15 is 0 Å². The average Bonchev–Trinajstić information content (AvgIpc) is 3.14. The largest absolute Gasteiger partial charge is 0.395 e. The Morgan fingerprint density at radius 3 is 2.86 bits per heavy atom. The summed E-state index contributed by atoms with van der Waals surface area (Å²) in [5, 5.41) is 8.74. The highest BCUT2D eigenvalue weighted by molar-refractivity contribution is 5.96. The number of benzene rings is 1. The van der Waals surface area contributed by atoms with E-state index in [0.29, 0.717) is 29.4 Å². The number of halogens is 1. The molecule has 1 fully saturated rings. The molecule has 3 nitrogen and oxygen atoms in total. The van der Waals surface area contributed by atoms with Crippen LogP contribution in [0.4, 0.5) is 4.39 Å². The first-order chi connectivity index (χ1) is 10.0. The van der Waals surface area contributed by atoms with Gasteiger partial charge in [-0.2, -0.15) is 0 Å². The van der Waals surface area contributed by atoms with E-state index in [1.54, 1.807) is 11.9 Å². The zero-order valence-electron chi connectivity index (χ0n) is 12.4. The van der Waals surface area contributed by atoms with Gasteiger partial charge < -0.3 is 10.0 Å². The molecule has 21 heavy (non-hydrogen) atoms. The molecule has 1 aliphatic carbocycles. The predicted octanol–water partition coefficient (Wildman–Crippen LogP) is 2.29. The van der Waals surface area contributed by atoms with Crippen molar-refractivity contribution in [1.29, 1.82) is 0 Å². The van der Waals surface area contributed by atoms with Crippen LogP contribution in [0.3, 0.4) is 0 Å². The molecule has 112 valence electrons. The number of aliphatic hydroxyl groups excluding tert-OH is 1. The zero-order chi connectivity index (χ0) is 15.4. The number of hydrogen-bond acceptors (Lipinski definition) is 2. The van der Waals surface area contributed by atoms with Gasteiger partial charge in [0.2, 0.25) is 0 Å². The molecule has 0 aromatic heterocycles. The molecule has 1 aromatic carbocycles. The lowest BCUT2D eigenvalue weighted by Gasteiger charge is -2.18. The summed E-state index contributed by atoms with van der Waals surface area (Å²) >= 11 is 0. The molecule has 0 aliphatic heterocycles. The lowest BCUT2D eigenvalue weighted by molar-refractivity contribution is 0.0786. The molecule has 1 N–H and O–H groups in total. The summed E-state index contributed by atoms with van der Waals surface area (Å²) < 4.78 is 13.4. The van der Waals surface area contributed by atoms with Crippen LogP contribution in [0.15, 0.2) is 18.2 Å². The third-order valence-corrected chi connectivity index (χ3v) is 3.80. The maximum atomic E-state index is 13.4. The number of carbonyl (C=O) groups is 1. The lowest BCUT2D eigenvalue weighted by atomic mass is 10.1. The SMILES string of the molecule is CC1CC1CN(C)C(=O)c1ccc(F)cc1C#CCCO. The number of carbonyl (C=O) groups excluding carboxylic acids is 1. The van der Waals surface area contributed by atoms with Crippen molar-refractivity contribution < 1.29 is 14.3 Å². The summed E-state index contributed by atoms with van der Waals surface area (Å²) in [7, 11) is 1.77. The van der Waals surface area contributed by atoms with Crippen molar-refractivity contribution in [1.82, 2.24) is 4.90 Å². The molecule has 2 rings (SSSR count). The molecule has 0 heterocycles. The van der Waals surface area contributed by atoms with E-state index in [-0.39, 0.29) is 12.5 Å². The van der Waals surface area contributed by atoms with Gasteiger partial charge in [0.1, 0.15) is 5.82 Å².